The fourth-order valence-electron chi connectivity index (χ4n) is 1.69. The van der Waals surface area contributed by atoms with Crippen molar-refractivity contribution < 1.29 is 18.0 Å². The Kier molecular flexibility index (Phi) is 5.39. The minimum Gasteiger partial charge on any atom is -0.346 e. The summed E-state index contributed by atoms with van der Waals surface area (Å²) in [6.45, 7) is -0.154. The van der Waals surface area contributed by atoms with E-state index in [-0.39, 0.29) is 32.9 Å². The molecule has 0 unspecified atom stereocenters. The van der Waals surface area contributed by atoms with Crippen molar-refractivity contribution in [1.29, 1.82) is 0 Å². The molecule has 0 aliphatic rings. The van der Waals surface area contributed by atoms with Crippen LogP contribution < -0.4 is 5.32 Å². The van der Waals surface area contributed by atoms with Crippen LogP contribution in [-0.4, -0.2) is 10.9 Å². The molecule has 0 spiro atoms. The fourth-order valence-corrected chi connectivity index (χ4v) is 2.31. The first-order valence-electron chi connectivity index (χ1n) is 6.14. The highest BCUT2D eigenvalue weighted by molar-refractivity contribution is 6.43. The highest BCUT2D eigenvalue weighted by atomic mass is 35.5. The summed E-state index contributed by atoms with van der Waals surface area (Å²) in [5.74, 6) is -0.546. The van der Waals surface area contributed by atoms with E-state index in [1.54, 1.807) is 6.07 Å². The molecule has 122 valence electrons. The average molecular weight is 384 g/mol. The van der Waals surface area contributed by atoms with E-state index in [2.05, 4.69) is 10.3 Å². The molecule has 3 nitrogen and oxygen atoms in total. The molecule has 9 heteroatoms. The SMILES string of the molecule is O=C(NCc1ncc(C(F)(F)F)cc1Cl)c1cccc(Cl)c1Cl. The molecule has 0 fully saturated rings. The summed E-state index contributed by atoms with van der Waals surface area (Å²) in [5, 5.41) is 2.57. The normalized spacial score (nSPS) is 11.4. The molecule has 0 aliphatic heterocycles. The monoisotopic (exact) mass is 382 g/mol. The van der Waals surface area contributed by atoms with Gasteiger partial charge >= 0.3 is 6.18 Å². The predicted octanol–water partition coefficient (Wildman–Crippen LogP) is 4.99. The summed E-state index contributed by atoms with van der Waals surface area (Å²) in [6.07, 6.45) is -3.88. The minimum absolute atomic E-state index is 0.0816. The van der Waals surface area contributed by atoms with Crippen molar-refractivity contribution >= 4 is 40.7 Å². The molecular weight excluding hydrogens is 376 g/mol. The van der Waals surface area contributed by atoms with Gasteiger partial charge in [0.2, 0.25) is 0 Å². The molecule has 23 heavy (non-hydrogen) atoms. The number of amides is 1. The van der Waals surface area contributed by atoms with Crippen LogP contribution in [-0.2, 0) is 12.7 Å². The van der Waals surface area contributed by atoms with Crippen molar-refractivity contribution in [2.45, 2.75) is 12.7 Å². The van der Waals surface area contributed by atoms with Crippen molar-refractivity contribution in [3.05, 3.63) is 62.4 Å². The molecule has 0 radical (unpaired) electrons. The lowest BCUT2D eigenvalue weighted by Crippen LogP contribution is -2.24. The van der Waals surface area contributed by atoms with Crippen LogP contribution in [0.4, 0.5) is 13.2 Å². The first-order valence-corrected chi connectivity index (χ1v) is 7.27. The van der Waals surface area contributed by atoms with Crippen LogP contribution in [0.1, 0.15) is 21.6 Å². The lowest BCUT2D eigenvalue weighted by Gasteiger charge is -2.10. The summed E-state index contributed by atoms with van der Waals surface area (Å²) in [5.41, 5.74) is -0.719. The van der Waals surface area contributed by atoms with Crippen molar-refractivity contribution in [3.8, 4) is 0 Å². The quantitative estimate of drug-likeness (QED) is 0.811. The van der Waals surface area contributed by atoms with Gasteiger partial charge in [-0.25, -0.2) is 0 Å². The van der Waals surface area contributed by atoms with Gasteiger partial charge < -0.3 is 5.32 Å². The van der Waals surface area contributed by atoms with E-state index in [4.69, 9.17) is 34.8 Å². The third kappa shape index (κ3) is 4.28. The number of alkyl halides is 3. The lowest BCUT2D eigenvalue weighted by molar-refractivity contribution is -0.137. The molecule has 1 amide bonds. The van der Waals surface area contributed by atoms with E-state index in [1.807, 2.05) is 0 Å². The molecule has 2 rings (SSSR count). The molecule has 0 bridgehead atoms. The maximum atomic E-state index is 12.5. The summed E-state index contributed by atoms with van der Waals surface area (Å²) in [7, 11) is 0. The van der Waals surface area contributed by atoms with E-state index in [0.29, 0.717) is 6.20 Å². The van der Waals surface area contributed by atoms with Crippen molar-refractivity contribution in [1.82, 2.24) is 10.3 Å². The first kappa shape index (κ1) is 17.8. The highest BCUT2D eigenvalue weighted by Gasteiger charge is 2.31. The van der Waals surface area contributed by atoms with Gasteiger partial charge in [0.25, 0.3) is 5.91 Å². The molecule has 0 saturated heterocycles. The molecule has 1 heterocycles. The zero-order chi connectivity index (χ0) is 17.2. The van der Waals surface area contributed by atoms with Crippen LogP contribution in [0, 0.1) is 0 Å². The second-order valence-electron chi connectivity index (χ2n) is 4.43. The van der Waals surface area contributed by atoms with Crippen LogP contribution in [0.15, 0.2) is 30.5 Å². The molecule has 1 N–H and O–H groups in total. The van der Waals surface area contributed by atoms with Crippen molar-refractivity contribution in [2.24, 2.45) is 0 Å². The molecule has 2 aromatic rings. The highest BCUT2D eigenvalue weighted by Crippen LogP contribution is 2.31. The standard InChI is InChI=1S/C14H8Cl3F3N2O/c15-9-3-1-2-8(12(9)17)13(23)22-6-11-10(16)4-7(5-21-11)14(18,19)20/h1-5H,6H2,(H,22,23). The zero-order valence-corrected chi connectivity index (χ0v) is 13.5. The maximum absolute atomic E-state index is 12.5. The average Bonchev–Trinajstić information content (AvgIpc) is 2.47. The topological polar surface area (TPSA) is 42.0 Å². The van der Waals surface area contributed by atoms with Gasteiger partial charge in [0.1, 0.15) is 0 Å². The largest absolute Gasteiger partial charge is 0.417 e. The van der Waals surface area contributed by atoms with E-state index in [0.717, 1.165) is 6.07 Å². The first-order chi connectivity index (χ1) is 10.7. The number of halogens is 6. The number of hydrogen-bond donors (Lipinski definition) is 1. The van der Waals surface area contributed by atoms with Gasteiger partial charge in [-0.05, 0) is 18.2 Å². The van der Waals surface area contributed by atoms with E-state index >= 15 is 0 Å². The third-order valence-electron chi connectivity index (χ3n) is 2.86. The van der Waals surface area contributed by atoms with Crippen LogP contribution in [0.3, 0.4) is 0 Å². The molecule has 0 saturated carbocycles. The van der Waals surface area contributed by atoms with Crippen LogP contribution in [0.5, 0.6) is 0 Å². The Labute approximate surface area is 144 Å². The number of nitrogens with zero attached hydrogens (tertiary/aromatic N) is 1. The van der Waals surface area contributed by atoms with Crippen molar-refractivity contribution in [2.75, 3.05) is 0 Å². The minimum atomic E-state index is -4.53. The fraction of sp³-hybridized carbons (Fsp3) is 0.143. The number of pyridine rings is 1. The number of benzene rings is 1. The van der Waals surface area contributed by atoms with Gasteiger partial charge in [-0.1, -0.05) is 40.9 Å². The van der Waals surface area contributed by atoms with Gasteiger partial charge in [0.05, 0.1) is 38.4 Å². The maximum Gasteiger partial charge on any atom is 0.417 e. The van der Waals surface area contributed by atoms with Gasteiger partial charge in [-0.15, -0.1) is 0 Å². The second kappa shape index (κ2) is 6.95. The van der Waals surface area contributed by atoms with Gasteiger partial charge in [-0.2, -0.15) is 13.2 Å². The smallest absolute Gasteiger partial charge is 0.346 e. The number of nitrogens with one attached hydrogen (secondary N) is 1. The second-order valence-corrected chi connectivity index (χ2v) is 5.63. The van der Waals surface area contributed by atoms with Crippen LogP contribution in [0.25, 0.3) is 0 Å². The molecule has 1 aromatic heterocycles. The van der Waals surface area contributed by atoms with Gasteiger partial charge in [-0.3, -0.25) is 9.78 Å². The molecule has 0 aliphatic carbocycles. The Hall–Kier alpha value is -1.50. The summed E-state index contributed by atoms with van der Waals surface area (Å²) in [6, 6.07) is 5.29. The van der Waals surface area contributed by atoms with E-state index in [1.165, 1.54) is 12.1 Å². The Morgan fingerprint density at radius 3 is 2.48 bits per heavy atom. The zero-order valence-electron chi connectivity index (χ0n) is 11.2. The molecule has 0 atom stereocenters. The number of carbonyl (C=O) groups excluding carboxylic acids is 1. The summed E-state index contributed by atoms with van der Waals surface area (Å²) in [4.78, 5) is 15.6. The number of hydrogen-bond acceptors (Lipinski definition) is 2. The summed E-state index contributed by atoms with van der Waals surface area (Å²) >= 11 is 17.5. The van der Waals surface area contributed by atoms with Gasteiger partial charge in [0.15, 0.2) is 0 Å². The van der Waals surface area contributed by atoms with E-state index < -0.39 is 17.6 Å². The Bertz CT molecular complexity index is 751. The van der Waals surface area contributed by atoms with E-state index in [9.17, 15) is 18.0 Å². The van der Waals surface area contributed by atoms with Crippen molar-refractivity contribution in [3.63, 3.8) is 0 Å². The number of rotatable bonds is 3. The number of carbonyl (C=O) groups is 1. The Morgan fingerprint density at radius 1 is 1.17 bits per heavy atom. The Balaban J connectivity index is 2.12. The predicted molar refractivity (Wildman–Crippen MR) is 81.9 cm³/mol. The Morgan fingerprint density at radius 2 is 1.87 bits per heavy atom. The van der Waals surface area contributed by atoms with Gasteiger partial charge in [0, 0.05) is 6.20 Å². The number of aromatic nitrogens is 1. The van der Waals surface area contributed by atoms with Crippen LogP contribution >= 0.6 is 34.8 Å². The molecular formula is C14H8Cl3F3N2O. The molecule has 1 aromatic carbocycles. The lowest BCUT2D eigenvalue weighted by atomic mass is 10.2. The summed E-state index contributed by atoms with van der Waals surface area (Å²) < 4.78 is 37.6. The third-order valence-corrected chi connectivity index (χ3v) is 4.00. The van der Waals surface area contributed by atoms with Crippen LogP contribution in [0.2, 0.25) is 15.1 Å².